The van der Waals surface area contributed by atoms with Crippen LogP contribution in [0.2, 0.25) is 0 Å². The van der Waals surface area contributed by atoms with E-state index in [9.17, 15) is 14.4 Å². The van der Waals surface area contributed by atoms with Gasteiger partial charge in [0, 0.05) is 18.5 Å². The van der Waals surface area contributed by atoms with Crippen LogP contribution in [-0.4, -0.2) is 37.5 Å². The molecule has 7 nitrogen and oxygen atoms in total. The molecule has 0 saturated heterocycles. The second-order valence-corrected chi connectivity index (χ2v) is 7.51. The maximum absolute atomic E-state index is 12.5. The average molecular weight is 427 g/mol. The minimum Gasteiger partial charge on any atom is -0.497 e. The van der Waals surface area contributed by atoms with Gasteiger partial charge in [0.15, 0.2) is 0 Å². The molecule has 7 heteroatoms. The maximum atomic E-state index is 12.5. The predicted octanol–water partition coefficient (Wildman–Crippen LogP) is 3.32. The lowest BCUT2D eigenvalue weighted by atomic mass is 10.0. The molecule has 0 fully saturated rings. The van der Waals surface area contributed by atoms with Gasteiger partial charge in [-0.05, 0) is 50.6 Å². The zero-order valence-electron chi connectivity index (χ0n) is 18.4. The van der Waals surface area contributed by atoms with Gasteiger partial charge >= 0.3 is 5.97 Å². The predicted molar refractivity (Wildman–Crippen MR) is 118 cm³/mol. The van der Waals surface area contributed by atoms with E-state index in [0.29, 0.717) is 11.3 Å². The summed E-state index contributed by atoms with van der Waals surface area (Å²) in [5, 5.41) is 5.61. The highest BCUT2D eigenvalue weighted by Gasteiger charge is 2.20. The van der Waals surface area contributed by atoms with Crippen LogP contribution in [0.5, 0.6) is 5.75 Å². The van der Waals surface area contributed by atoms with Crippen LogP contribution in [0.15, 0.2) is 48.5 Å². The standard InChI is InChI=1S/C24H30N2O5/c1-16(2)31-23(28)15-21(18-8-10-20(30-4)11-9-18)26-22(27)12-13-25-24(29)19-7-5-6-17(3)14-19/h5-11,14,16,21H,12-13,15H2,1-4H3,(H,25,29)(H,26,27). The van der Waals surface area contributed by atoms with Crippen molar-refractivity contribution in [2.24, 2.45) is 0 Å². The lowest BCUT2D eigenvalue weighted by molar-refractivity contribution is -0.148. The van der Waals surface area contributed by atoms with Crippen molar-refractivity contribution in [1.82, 2.24) is 10.6 Å². The van der Waals surface area contributed by atoms with Crippen LogP contribution in [0.1, 0.15) is 54.2 Å². The monoisotopic (exact) mass is 426 g/mol. The van der Waals surface area contributed by atoms with Gasteiger partial charge < -0.3 is 20.1 Å². The summed E-state index contributed by atoms with van der Waals surface area (Å²) >= 11 is 0. The van der Waals surface area contributed by atoms with Crippen molar-refractivity contribution in [1.29, 1.82) is 0 Å². The summed E-state index contributed by atoms with van der Waals surface area (Å²) in [6, 6.07) is 13.8. The highest BCUT2D eigenvalue weighted by atomic mass is 16.5. The van der Waals surface area contributed by atoms with Gasteiger partial charge in [0.05, 0.1) is 25.7 Å². The Labute approximate surface area is 183 Å². The summed E-state index contributed by atoms with van der Waals surface area (Å²) in [6.45, 7) is 5.64. The number of aryl methyl sites for hydroxylation is 1. The number of benzene rings is 2. The highest BCUT2D eigenvalue weighted by molar-refractivity contribution is 5.94. The summed E-state index contributed by atoms with van der Waals surface area (Å²) in [5.74, 6) is -0.229. The number of hydrogen-bond acceptors (Lipinski definition) is 5. The van der Waals surface area contributed by atoms with E-state index in [1.165, 1.54) is 0 Å². The Hall–Kier alpha value is -3.35. The van der Waals surface area contributed by atoms with Crippen LogP contribution < -0.4 is 15.4 Å². The quantitative estimate of drug-likeness (QED) is 0.569. The van der Waals surface area contributed by atoms with Crippen LogP contribution in [-0.2, 0) is 14.3 Å². The molecule has 2 N–H and O–H groups in total. The number of rotatable bonds is 10. The topological polar surface area (TPSA) is 93.7 Å². The van der Waals surface area contributed by atoms with Gasteiger partial charge in [-0.15, -0.1) is 0 Å². The number of hydrogen-bond donors (Lipinski definition) is 2. The molecule has 166 valence electrons. The number of esters is 1. The molecular weight excluding hydrogens is 396 g/mol. The summed E-state index contributed by atoms with van der Waals surface area (Å²) in [4.78, 5) is 36.9. The van der Waals surface area contributed by atoms with E-state index in [2.05, 4.69) is 10.6 Å². The van der Waals surface area contributed by atoms with Crippen molar-refractivity contribution < 1.29 is 23.9 Å². The van der Waals surface area contributed by atoms with Gasteiger partial charge in [-0.2, -0.15) is 0 Å². The molecule has 0 aliphatic rings. The fourth-order valence-corrected chi connectivity index (χ4v) is 3.01. The van der Waals surface area contributed by atoms with Crippen molar-refractivity contribution in [3.63, 3.8) is 0 Å². The molecular formula is C24H30N2O5. The smallest absolute Gasteiger partial charge is 0.308 e. The zero-order valence-corrected chi connectivity index (χ0v) is 18.4. The molecule has 1 atom stereocenters. The molecule has 2 rings (SSSR count). The van der Waals surface area contributed by atoms with Crippen LogP contribution in [0.25, 0.3) is 0 Å². The van der Waals surface area contributed by atoms with Gasteiger partial charge in [-0.1, -0.05) is 29.8 Å². The fraction of sp³-hybridized carbons (Fsp3) is 0.375. The zero-order chi connectivity index (χ0) is 22.8. The largest absolute Gasteiger partial charge is 0.497 e. The van der Waals surface area contributed by atoms with Gasteiger partial charge in [-0.3, -0.25) is 14.4 Å². The van der Waals surface area contributed by atoms with Crippen LogP contribution in [0.4, 0.5) is 0 Å². The molecule has 0 aliphatic heterocycles. The Morgan fingerprint density at radius 1 is 1.03 bits per heavy atom. The molecule has 2 amide bonds. The number of nitrogens with one attached hydrogen (secondary N) is 2. The minimum absolute atomic E-state index is 0.00585. The molecule has 0 aliphatic carbocycles. The summed E-state index contributed by atoms with van der Waals surface area (Å²) in [6.07, 6.45) is -0.147. The maximum Gasteiger partial charge on any atom is 0.308 e. The van der Waals surface area contributed by atoms with Crippen LogP contribution >= 0.6 is 0 Å². The third-order valence-corrected chi connectivity index (χ3v) is 4.51. The Morgan fingerprint density at radius 3 is 2.35 bits per heavy atom. The molecule has 31 heavy (non-hydrogen) atoms. The number of methoxy groups -OCH3 is 1. The van der Waals surface area contributed by atoms with Crippen molar-refractivity contribution in [3.05, 3.63) is 65.2 Å². The van der Waals surface area contributed by atoms with Crippen molar-refractivity contribution in [2.75, 3.05) is 13.7 Å². The molecule has 0 saturated carbocycles. The Morgan fingerprint density at radius 2 is 1.74 bits per heavy atom. The van der Waals surface area contributed by atoms with Crippen LogP contribution in [0.3, 0.4) is 0 Å². The normalized spacial score (nSPS) is 11.5. The van der Waals surface area contributed by atoms with Gasteiger partial charge in [0.1, 0.15) is 5.75 Å². The summed E-state index contributed by atoms with van der Waals surface area (Å²) in [5.41, 5.74) is 2.30. The SMILES string of the molecule is COc1ccc(C(CC(=O)OC(C)C)NC(=O)CCNC(=O)c2cccc(C)c2)cc1. The third kappa shape index (κ3) is 8.12. The number of carbonyl (C=O) groups is 3. The van der Waals surface area contributed by atoms with Crippen molar-refractivity contribution in [2.45, 2.75) is 45.8 Å². The van der Waals surface area contributed by atoms with Gasteiger partial charge in [-0.25, -0.2) is 0 Å². The first-order valence-electron chi connectivity index (χ1n) is 10.3. The fourth-order valence-electron chi connectivity index (χ4n) is 3.01. The second-order valence-electron chi connectivity index (χ2n) is 7.51. The molecule has 0 radical (unpaired) electrons. The van der Waals surface area contributed by atoms with E-state index in [-0.39, 0.29) is 37.3 Å². The molecule has 2 aromatic carbocycles. The van der Waals surface area contributed by atoms with E-state index >= 15 is 0 Å². The number of amides is 2. The lowest BCUT2D eigenvalue weighted by Gasteiger charge is -2.20. The molecule has 0 spiro atoms. The molecule has 0 bridgehead atoms. The Balaban J connectivity index is 1.95. The number of carbonyl (C=O) groups excluding carboxylic acids is 3. The Bertz CT molecular complexity index is 893. The summed E-state index contributed by atoms with van der Waals surface area (Å²) in [7, 11) is 1.57. The lowest BCUT2D eigenvalue weighted by Crippen LogP contribution is -2.34. The average Bonchev–Trinajstić information content (AvgIpc) is 2.72. The third-order valence-electron chi connectivity index (χ3n) is 4.51. The number of ether oxygens (including phenoxy) is 2. The van der Waals surface area contributed by atoms with Crippen molar-refractivity contribution in [3.8, 4) is 5.75 Å². The van der Waals surface area contributed by atoms with Gasteiger partial charge in [0.2, 0.25) is 5.91 Å². The van der Waals surface area contributed by atoms with Crippen molar-refractivity contribution >= 4 is 17.8 Å². The van der Waals surface area contributed by atoms with E-state index in [4.69, 9.17) is 9.47 Å². The minimum atomic E-state index is -0.544. The molecule has 1 unspecified atom stereocenters. The first kappa shape index (κ1) is 23.9. The molecule has 0 aromatic heterocycles. The van der Waals surface area contributed by atoms with E-state index in [1.807, 2.05) is 19.1 Å². The molecule has 0 heterocycles. The summed E-state index contributed by atoms with van der Waals surface area (Å²) < 4.78 is 10.4. The van der Waals surface area contributed by atoms with E-state index in [0.717, 1.165) is 11.1 Å². The van der Waals surface area contributed by atoms with Gasteiger partial charge in [0.25, 0.3) is 5.91 Å². The van der Waals surface area contributed by atoms with Crippen LogP contribution in [0, 0.1) is 6.92 Å². The van der Waals surface area contributed by atoms with E-state index < -0.39 is 12.0 Å². The Kier molecular flexibility index (Phi) is 9.06. The van der Waals surface area contributed by atoms with E-state index in [1.54, 1.807) is 57.4 Å². The first-order valence-corrected chi connectivity index (χ1v) is 10.3. The first-order chi connectivity index (χ1) is 14.8. The second kappa shape index (κ2) is 11.7. The molecule has 2 aromatic rings. The highest BCUT2D eigenvalue weighted by Crippen LogP contribution is 2.21.